The van der Waals surface area contributed by atoms with Gasteiger partial charge < -0.3 is 19.7 Å². The van der Waals surface area contributed by atoms with Crippen molar-refractivity contribution in [3.05, 3.63) is 64.4 Å². The number of fused-ring (bicyclic) bond motifs is 1. The van der Waals surface area contributed by atoms with Gasteiger partial charge in [0.2, 0.25) is 0 Å². The summed E-state index contributed by atoms with van der Waals surface area (Å²) < 4.78 is 6.69. The van der Waals surface area contributed by atoms with E-state index in [-0.39, 0.29) is 22.0 Å². The number of thiocarbonyl (C=S) groups is 1. The molecule has 7 nitrogen and oxygen atoms in total. The molecule has 0 radical (unpaired) electrons. The number of nitrogens with zero attached hydrogens (tertiary/aromatic N) is 2. The maximum Gasteiger partial charge on any atom is 0.263 e. The molecule has 3 rings (SSSR count). The number of methoxy groups -OCH3 is 1. The molecular weight excluding hydrogens is 376 g/mol. The summed E-state index contributed by atoms with van der Waals surface area (Å²) in [5, 5.41) is 18.3. The molecule has 0 atom stereocenters. The third kappa shape index (κ3) is 3.96. The number of ether oxygens (including phenoxy) is 1. The van der Waals surface area contributed by atoms with E-state index in [0.29, 0.717) is 17.4 Å². The van der Waals surface area contributed by atoms with Crippen LogP contribution in [0, 0.1) is 0 Å². The van der Waals surface area contributed by atoms with Crippen LogP contribution >= 0.6 is 12.2 Å². The number of benzene rings is 2. The average molecular weight is 396 g/mol. The van der Waals surface area contributed by atoms with Crippen LogP contribution in [0.2, 0.25) is 0 Å². The van der Waals surface area contributed by atoms with Crippen molar-refractivity contribution in [2.75, 3.05) is 12.4 Å². The van der Waals surface area contributed by atoms with Gasteiger partial charge in [-0.15, -0.1) is 0 Å². The van der Waals surface area contributed by atoms with Crippen LogP contribution in [0.3, 0.4) is 0 Å². The summed E-state index contributed by atoms with van der Waals surface area (Å²) in [5.74, 6) is 0.631. The lowest BCUT2D eigenvalue weighted by molar-refractivity contribution is 0.415. The van der Waals surface area contributed by atoms with E-state index in [1.165, 1.54) is 6.21 Å². The third-order valence-electron chi connectivity index (χ3n) is 4.20. The Morgan fingerprint density at radius 1 is 1.25 bits per heavy atom. The molecule has 1 heterocycles. The van der Waals surface area contributed by atoms with Crippen molar-refractivity contribution < 1.29 is 9.84 Å². The Hall–Kier alpha value is -3.39. The van der Waals surface area contributed by atoms with Gasteiger partial charge in [-0.3, -0.25) is 10.2 Å². The Morgan fingerprint density at radius 3 is 2.64 bits per heavy atom. The van der Waals surface area contributed by atoms with Crippen LogP contribution in [0.1, 0.15) is 12.5 Å². The minimum Gasteiger partial charge on any atom is -0.506 e. The molecule has 0 aliphatic carbocycles. The zero-order valence-electron chi connectivity index (χ0n) is 15.5. The number of hydrogen-bond acceptors (Lipinski definition) is 5. The van der Waals surface area contributed by atoms with E-state index in [0.717, 1.165) is 11.4 Å². The van der Waals surface area contributed by atoms with Gasteiger partial charge in [0.15, 0.2) is 5.11 Å². The first-order chi connectivity index (χ1) is 13.5. The minimum absolute atomic E-state index is 0.0975. The van der Waals surface area contributed by atoms with Gasteiger partial charge in [0.05, 0.1) is 18.8 Å². The largest absolute Gasteiger partial charge is 0.506 e. The van der Waals surface area contributed by atoms with Crippen LogP contribution in [0.15, 0.2) is 58.4 Å². The second kappa shape index (κ2) is 8.53. The van der Waals surface area contributed by atoms with E-state index in [4.69, 9.17) is 17.0 Å². The fourth-order valence-corrected chi connectivity index (χ4v) is 3.00. The second-order valence-corrected chi connectivity index (χ2v) is 6.29. The van der Waals surface area contributed by atoms with E-state index < -0.39 is 0 Å². The molecule has 0 fully saturated rings. The van der Waals surface area contributed by atoms with Gasteiger partial charge >= 0.3 is 0 Å². The summed E-state index contributed by atoms with van der Waals surface area (Å²) in [5.41, 5.74) is 3.86. The van der Waals surface area contributed by atoms with Gasteiger partial charge in [-0.1, -0.05) is 12.1 Å². The van der Waals surface area contributed by atoms with Gasteiger partial charge in [-0.05, 0) is 55.5 Å². The van der Waals surface area contributed by atoms with Crippen LogP contribution in [0.5, 0.6) is 11.5 Å². The number of hydrogen-bond donors (Lipinski definition) is 3. The van der Waals surface area contributed by atoms with Crippen molar-refractivity contribution in [3.63, 3.8) is 0 Å². The first-order valence-electron chi connectivity index (χ1n) is 8.63. The predicted molar refractivity (Wildman–Crippen MR) is 115 cm³/mol. The Labute approximate surface area is 167 Å². The summed E-state index contributed by atoms with van der Waals surface area (Å²) in [7, 11) is 1.60. The van der Waals surface area contributed by atoms with Crippen molar-refractivity contribution >= 4 is 40.1 Å². The molecule has 144 valence electrons. The van der Waals surface area contributed by atoms with E-state index in [1.54, 1.807) is 42.0 Å². The number of para-hydroxylation sites is 1. The third-order valence-corrected chi connectivity index (χ3v) is 4.40. The lowest BCUT2D eigenvalue weighted by Gasteiger charge is -2.11. The lowest BCUT2D eigenvalue weighted by atomic mass is 10.1. The summed E-state index contributed by atoms with van der Waals surface area (Å²) in [6, 6.07) is 14.4. The molecule has 0 amide bonds. The fourth-order valence-electron chi connectivity index (χ4n) is 2.83. The Kier molecular flexibility index (Phi) is 5.90. The molecule has 3 aromatic rings. The van der Waals surface area contributed by atoms with Gasteiger partial charge in [0, 0.05) is 17.6 Å². The van der Waals surface area contributed by atoms with Gasteiger partial charge in [-0.25, -0.2) is 0 Å². The number of aromatic nitrogens is 1. The molecule has 1 aromatic heterocycles. The highest BCUT2D eigenvalue weighted by Crippen LogP contribution is 2.25. The summed E-state index contributed by atoms with van der Waals surface area (Å²) in [6.07, 6.45) is 1.28. The summed E-state index contributed by atoms with van der Waals surface area (Å²) in [6.45, 7) is 2.35. The molecule has 0 unspecified atom stereocenters. The normalized spacial score (nSPS) is 10.9. The van der Waals surface area contributed by atoms with Crippen LogP contribution < -0.4 is 21.0 Å². The molecule has 0 bridgehead atoms. The first kappa shape index (κ1) is 19.4. The molecule has 8 heteroatoms. The van der Waals surface area contributed by atoms with E-state index in [2.05, 4.69) is 15.8 Å². The van der Waals surface area contributed by atoms with Crippen LogP contribution in [-0.2, 0) is 6.54 Å². The topological polar surface area (TPSA) is 87.9 Å². The Balaban J connectivity index is 1.79. The quantitative estimate of drug-likeness (QED) is 0.349. The zero-order valence-corrected chi connectivity index (χ0v) is 16.3. The number of pyridine rings is 1. The highest BCUT2D eigenvalue weighted by atomic mass is 32.1. The lowest BCUT2D eigenvalue weighted by Crippen LogP contribution is -2.26. The van der Waals surface area contributed by atoms with Gasteiger partial charge in [-0.2, -0.15) is 5.10 Å². The Bertz CT molecular complexity index is 1090. The highest BCUT2D eigenvalue weighted by molar-refractivity contribution is 7.80. The van der Waals surface area contributed by atoms with Crippen molar-refractivity contribution in [1.82, 2.24) is 9.99 Å². The molecule has 0 saturated heterocycles. The number of aryl methyl sites for hydroxylation is 1. The Morgan fingerprint density at radius 2 is 1.96 bits per heavy atom. The molecular formula is C20H20N4O3S. The fraction of sp³-hybridized carbons (Fsp3) is 0.150. The molecule has 0 spiro atoms. The smallest absolute Gasteiger partial charge is 0.263 e. The van der Waals surface area contributed by atoms with Crippen LogP contribution in [-0.4, -0.2) is 28.1 Å². The standard InChI is InChI=1S/C20H20N4O3S/c1-3-24-17-7-5-4-6-15(17)18(25)16(19(24)26)12-21-23-20(28)22-13-8-10-14(27-2)11-9-13/h4-12,25H,3H2,1-2H3,(H2,22,23,28)/b21-12-. The summed E-state index contributed by atoms with van der Waals surface area (Å²) in [4.78, 5) is 12.7. The average Bonchev–Trinajstić information content (AvgIpc) is 2.71. The predicted octanol–water partition coefficient (Wildman–Crippen LogP) is 3.06. The first-order valence-corrected chi connectivity index (χ1v) is 9.04. The van der Waals surface area contributed by atoms with Crippen molar-refractivity contribution in [3.8, 4) is 11.5 Å². The number of hydrazone groups is 1. The maximum atomic E-state index is 12.7. The van der Waals surface area contributed by atoms with Crippen LogP contribution in [0.4, 0.5) is 5.69 Å². The number of anilines is 1. The van der Waals surface area contributed by atoms with Gasteiger partial charge in [0.1, 0.15) is 17.1 Å². The molecule has 3 N–H and O–H groups in total. The molecule has 28 heavy (non-hydrogen) atoms. The zero-order chi connectivity index (χ0) is 20.1. The minimum atomic E-state index is -0.321. The monoisotopic (exact) mass is 396 g/mol. The number of rotatable bonds is 5. The van der Waals surface area contributed by atoms with Crippen molar-refractivity contribution in [2.24, 2.45) is 5.10 Å². The highest BCUT2D eigenvalue weighted by Gasteiger charge is 2.13. The van der Waals surface area contributed by atoms with Crippen LogP contribution in [0.25, 0.3) is 10.9 Å². The van der Waals surface area contributed by atoms with Gasteiger partial charge in [0.25, 0.3) is 5.56 Å². The van der Waals surface area contributed by atoms with E-state index >= 15 is 0 Å². The van der Waals surface area contributed by atoms with Crippen molar-refractivity contribution in [1.29, 1.82) is 0 Å². The molecule has 0 saturated carbocycles. The molecule has 0 aliphatic rings. The number of nitrogens with one attached hydrogen (secondary N) is 2. The second-order valence-electron chi connectivity index (χ2n) is 5.88. The molecule has 0 aliphatic heterocycles. The summed E-state index contributed by atoms with van der Waals surface area (Å²) >= 11 is 5.19. The molecule has 2 aromatic carbocycles. The maximum absolute atomic E-state index is 12.7. The van der Waals surface area contributed by atoms with E-state index in [1.807, 2.05) is 25.1 Å². The number of aromatic hydroxyl groups is 1. The van der Waals surface area contributed by atoms with Crippen molar-refractivity contribution in [2.45, 2.75) is 13.5 Å². The van der Waals surface area contributed by atoms with E-state index in [9.17, 15) is 9.90 Å². The SMILES string of the molecule is CCn1c(=O)c(/C=N\NC(=S)Nc2ccc(OC)cc2)c(O)c2ccccc21.